The topological polar surface area (TPSA) is 170 Å². The highest BCUT2D eigenvalue weighted by atomic mass is 16.2. The van der Waals surface area contributed by atoms with E-state index < -0.39 is 6.04 Å². The minimum absolute atomic E-state index is 0.00378. The van der Waals surface area contributed by atoms with E-state index in [9.17, 15) is 24.0 Å². The fraction of sp³-hybridized carbons (Fsp3) is 0.853. The van der Waals surface area contributed by atoms with E-state index in [1.807, 2.05) is 20.8 Å². The number of amides is 5. The first kappa shape index (κ1) is 43.3. The van der Waals surface area contributed by atoms with Gasteiger partial charge in [0.1, 0.15) is 6.04 Å². The standard InChI is InChI=1S/C34H67N7O5/c1-6-9-22-36-27(4)32(44)39-25-16-11-13-20-30(42)38-24-18-15-19-29(34(46)35-8-3)41-31(43)21-14-12-17-26-40-33(45)28(5)37-23-10-7-2/h27-29,36-37H,6-26H2,1-5H3,(H,35,46)(H,38,42)(H,39,44)(H,40,45)(H,41,43). The zero-order valence-electron chi connectivity index (χ0n) is 29.6. The maximum Gasteiger partial charge on any atom is 0.242 e. The van der Waals surface area contributed by atoms with Crippen LogP contribution in [-0.2, 0) is 24.0 Å². The van der Waals surface area contributed by atoms with Crippen LogP contribution in [0.25, 0.3) is 0 Å². The molecule has 12 heteroatoms. The highest BCUT2D eigenvalue weighted by Gasteiger charge is 2.19. The molecule has 0 spiro atoms. The fourth-order valence-corrected chi connectivity index (χ4v) is 4.70. The summed E-state index contributed by atoms with van der Waals surface area (Å²) in [6, 6.07) is -1.01. The van der Waals surface area contributed by atoms with E-state index in [1.165, 1.54) is 0 Å². The van der Waals surface area contributed by atoms with E-state index >= 15 is 0 Å². The third kappa shape index (κ3) is 24.5. The van der Waals surface area contributed by atoms with Gasteiger partial charge in [-0.05, 0) is 91.6 Å². The van der Waals surface area contributed by atoms with E-state index in [0.717, 1.165) is 70.9 Å². The van der Waals surface area contributed by atoms with Crippen molar-refractivity contribution < 1.29 is 24.0 Å². The van der Waals surface area contributed by atoms with Gasteiger partial charge in [-0.1, -0.05) is 39.5 Å². The highest BCUT2D eigenvalue weighted by molar-refractivity contribution is 5.87. The van der Waals surface area contributed by atoms with Gasteiger partial charge in [-0.3, -0.25) is 24.0 Å². The SMILES string of the molecule is CCCCNC(C)C(=O)NCCCCCC(=O)NCCCCC(NC(=O)CCCCCNC(=O)C(C)NCCCC)C(=O)NCC. The number of hydrogen-bond donors (Lipinski definition) is 7. The molecule has 0 aliphatic rings. The van der Waals surface area contributed by atoms with Crippen LogP contribution in [0.2, 0.25) is 0 Å². The van der Waals surface area contributed by atoms with Gasteiger partial charge < -0.3 is 37.2 Å². The Hall–Kier alpha value is -2.73. The molecule has 46 heavy (non-hydrogen) atoms. The molecule has 0 aromatic carbocycles. The number of nitrogens with one attached hydrogen (secondary N) is 7. The summed E-state index contributed by atoms with van der Waals surface area (Å²) >= 11 is 0. The average Bonchev–Trinajstić information content (AvgIpc) is 3.03. The van der Waals surface area contributed by atoms with Gasteiger partial charge in [0, 0.05) is 39.0 Å². The molecule has 0 bridgehead atoms. The predicted octanol–water partition coefficient (Wildman–Crippen LogP) is 2.80. The largest absolute Gasteiger partial charge is 0.356 e. The van der Waals surface area contributed by atoms with Crippen molar-refractivity contribution in [3.8, 4) is 0 Å². The van der Waals surface area contributed by atoms with Gasteiger partial charge in [0.15, 0.2) is 0 Å². The molecule has 12 nitrogen and oxygen atoms in total. The Morgan fingerprint density at radius 1 is 0.478 bits per heavy atom. The molecule has 3 atom stereocenters. The third-order valence-electron chi connectivity index (χ3n) is 7.75. The second kappa shape index (κ2) is 29.7. The summed E-state index contributed by atoms with van der Waals surface area (Å²) in [5.41, 5.74) is 0. The van der Waals surface area contributed by atoms with Crippen LogP contribution < -0.4 is 37.2 Å². The van der Waals surface area contributed by atoms with Crippen LogP contribution in [0.5, 0.6) is 0 Å². The van der Waals surface area contributed by atoms with Crippen molar-refractivity contribution in [3.63, 3.8) is 0 Å². The number of hydrogen-bond acceptors (Lipinski definition) is 7. The molecule has 0 heterocycles. The van der Waals surface area contributed by atoms with E-state index in [1.54, 1.807) is 0 Å². The molecule has 0 saturated carbocycles. The molecule has 0 aliphatic carbocycles. The number of rotatable bonds is 30. The second-order valence-electron chi connectivity index (χ2n) is 12.1. The summed E-state index contributed by atoms with van der Waals surface area (Å²) in [5, 5.41) is 20.9. The Bertz CT molecular complexity index is 843. The Labute approximate surface area is 278 Å². The van der Waals surface area contributed by atoms with Crippen LogP contribution in [0.15, 0.2) is 0 Å². The quantitative estimate of drug-likeness (QED) is 0.0585. The highest BCUT2D eigenvalue weighted by Crippen LogP contribution is 2.05. The molecule has 0 radical (unpaired) electrons. The molecular weight excluding hydrogens is 586 g/mol. The van der Waals surface area contributed by atoms with Gasteiger partial charge in [-0.2, -0.15) is 0 Å². The lowest BCUT2D eigenvalue weighted by molar-refractivity contribution is -0.129. The maximum atomic E-state index is 12.5. The van der Waals surface area contributed by atoms with Gasteiger partial charge >= 0.3 is 0 Å². The normalized spacial score (nSPS) is 12.9. The third-order valence-corrected chi connectivity index (χ3v) is 7.75. The molecule has 3 unspecified atom stereocenters. The average molecular weight is 654 g/mol. The summed E-state index contributed by atoms with van der Waals surface area (Å²) in [6.45, 7) is 13.7. The number of carbonyl (C=O) groups is 5. The molecule has 0 fully saturated rings. The van der Waals surface area contributed by atoms with Crippen molar-refractivity contribution in [2.45, 2.75) is 149 Å². The number of carbonyl (C=O) groups excluding carboxylic acids is 5. The van der Waals surface area contributed by atoms with E-state index in [0.29, 0.717) is 64.7 Å². The first-order valence-corrected chi connectivity index (χ1v) is 18.0. The molecule has 7 N–H and O–H groups in total. The lowest BCUT2D eigenvalue weighted by Gasteiger charge is -2.18. The van der Waals surface area contributed by atoms with Crippen LogP contribution >= 0.6 is 0 Å². The molecule has 268 valence electrons. The first-order valence-electron chi connectivity index (χ1n) is 18.0. The van der Waals surface area contributed by atoms with E-state index in [-0.39, 0.29) is 41.6 Å². The van der Waals surface area contributed by atoms with Gasteiger partial charge in [0.25, 0.3) is 0 Å². The Morgan fingerprint density at radius 3 is 1.46 bits per heavy atom. The number of likely N-dealkylation sites (N-methyl/N-ethyl adjacent to an activating group) is 1. The molecule has 0 aromatic rings. The van der Waals surface area contributed by atoms with Crippen molar-refractivity contribution in [2.75, 3.05) is 39.3 Å². The minimum Gasteiger partial charge on any atom is -0.356 e. The summed E-state index contributed by atoms with van der Waals surface area (Å²) in [5.74, 6) is -0.336. The zero-order valence-corrected chi connectivity index (χ0v) is 29.6. The van der Waals surface area contributed by atoms with Gasteiger partial charge in [-0.25, -0.2) is 0 Å². The van der Waals surface area contributed by atoms with Crippen molar-refractivity contribution >= 4 is 29.5 Å². The second-order valence-corrected chi connectivity index (χ2v) is 12.1. The Kier molecular flexibility index (Phi) is 27.9. The van der Waals surface area contributed by atoms with Gasteiger partial charge in [0.2, 0.25) is 29.5 Å². The molecule has 0 rings (SSSR count). The van der Waals surface area contributed by atoms with Crippen LogP contribution in [0, 0.1) is 0 Å². The lowest BCUT2D eigenvalue weighted by Crippen LogP contribution is -2.46. The Morgan fingerprint density at radius 2 is 0.957 bits per heavy atom. The van der Waals surface area contributed by atoms with Crippen LogP contribution in [0.4, 0.5) is 0 Å². The molecular formula is C34H67N7O5. The fourth-order valence-electron chi connectivity index (χ4n) is 4.70. The minimum atomic E-state index is -0.597. The molecule has 5 amide bonds. The van der Waals surface area contributed by atoms with E-state index in [2.05, 4.69) is 51.1 Å². The smallest absolute Gasteiger partial charge is 0.242 e. The molecule has 0 aromatic heterocycles. The summed E-state index contributed by atoms with van der Waals surface area (Å²) in [6.07, 6.45) is 11.7. The maximum absolute atomic E-state index is 12.5. The lowest BCUT2D eigenvalue weighted by atomic mass is 10.1. The van der Waals surface area contributed by atoms with Gasteiger partial charge in [0.05, 0.1) is 12.1 Å². The van der Waals surface area contributed by atoms with Crippen molar-refractivity contribution in [1.29, 1.82) is 0 Å². The van der Waals surface area contributed by atoms with Crippen LogP contribution in [-0.4, -0.2) is 86.9 Å². The summed E-state index contributed by atoms with van der Waals surface area (Å²) in [7, 11) is 0. The summed E-state index contributed by atoms with van der Waals surface area (Å²) < 4.78 is 0. The monoisotopic (exact) mass is 654 g/mol. The Balaban J connectivity index is 4.07. The van der Waals surface area contributed by atoms with Crippen LogP contribution in [0.3, 0.4) is 0 Å². The van der Waals surface area contributed by atoms with Crippen LogP contribution in [0.1, 0.15) is 131 Å². The molecule has 0 aliphatic heterocycles. The van der Waals surface area contributed by atoms with Gasteiger partial charge in [-0.15, -0.1) is 0 Å². The first-order chi connectivity index (χ1) is 22.2. The summed E-state index contributed by atoms with van der Waals surface area (Å²) in [4.78, 5) is 61.4. The van der Waals surface area contributed by atoms with Crippen molar-refractivity contribution in [3.05, 3.63) is 0 Å². The van der Waals surface area contributed by atoms with Crippen molar-refractivity contribution in [1.82, 2.24) is 37.2 Å². The number of unbranched alkanes of at least 4 members (excludes halogenated alkanes) is 7. The molecule has 0 saturated heterocycles. The van der Waals surface area contributed by atoms with Crippen molar-refractivity contribution in [2.24, 2.45) is 0 Å². The zero-order chi connectivity index (χ0) is 34.4. The predicted molar refractivity (Wildman–Crippen MR) is 185 cm³/mol. The van der Waals surface area contributed by atoms with E-state index in [4.69, 9.17) is 0 Å².